The highest BCUT2D eigenvalue weighted by molar-refractivity contribution is 7.99. The second-order valence-electron chi connectivity index (χ2n) is 4.10. The largest absolute Gasteiger partial charge is 0.305 e. The summed E-state index contributed by atoms with van der Waals surface area (Å²) in [5.41, 5.74) is 1.29. The number of benzene rings is 1. The molecule has 2 heterocycles. The quantitative estimate of drug-likeness (QED) is 0.795. The maximum absolute atomic E-state index is 4.26. The van der Waals surface area contributed by atoms with Crippen LogP contribution >= 0.6 is 11.8 Å². The van der Waals surface area contributed by atoms with E-state index in [1.165, 1.54) is 5.56 Å². The van der Waals surface area contributed by atoms with Crippen LogP contribution < -0.4 is 0 Å². The van der Waals surface area contributed by atoms with Gasteiger partial charge in [-0.15, -0.1) is 10.2 Å². The van der Waals surface area contributed by atoms with E-state index in [1.54, 1.807) is 0 Å². The van der Waals surface area contributed by atoms with Gasteiger partial charge in [0, 0.05) is 18.2 Å². The van der Waals surface area contributed by atoms with Crippen LogP contribution in [0.3, 0.4) is 0 Å². The van der Waals surface area contributed by atoms with Gasteiger partial charge in [0.25, 0.3) is 0 Å². The first kappa shape index (κ1) is 9.90. The summed E-state index contributed by atoms with van der Waals surface area (Å²) in [6.07, 6.45) is 0.876. The SMILES string of the molecule is C[C@@H]1Cn2c(Cc3ccccc3)nnc2S1. The van der Waals surface area contributed by atoms with Gasteiger partial charge < -0.3 is 4.57 Å². The van der Waals surface area contributed by atoms with Gasteiger partial charge in [0.15, 0.2) is 5.16 Å². The Hall–Kier alpha value is -1.29. The first-order chi connectivity index (χ1) is 7.83. The summed E-state index contributed by atoms with van der Waals surface area (Å²) in [5.74, 6) is 1.08. The van der Waals surface area contributed by atoms with Gasteiger partial charge in [-0.1, -0.05) is 49.0 Å². The average molecular weight is 231 g/mol. The molecule has 3 nitrogen and oxygen atoms in total. The standard InChI is InChI=1S/C12H13N3S/c1-9-8-15-11(13-14-12(15)16-9)7-10-5-3-2-4-6-10/h2-6,9H,7-8H2,1H3/t9-/m1/s1. The first-order valence-corrected chi connectivity index (χ1v) is 6.33. The first-order valence-electron chi connectivity index (χ1n) is 5.45. The summed E-state index contributed by atoms with van der Waals surface area (Å²) in [6, 6.07) is 10.4. The fourth-order valence-corrected chi connectivity index (χ4v) is 2.95. The second kappa shape index (κ2) is 3.94. The number of thioether (sulfide) groups is 1. The molecule has 2 aromatic rings. The van der Waals surface area contributed by atoms with Gasteiger partial charge in [-0.25, -0.2) is 0 Å². The number of hydrogen-bond donors (Lipinski definition) is 0. The lowest BCUT2D eigenvalue weighted by Gasteiger charge is -2.03. The highest BCUT2D eigenvalue weighted by Gasteiger charge is 2.23. The summed E-state index contributed by atoms with van der Waals surface area (Å²) in [6.45, 7) is 3.26. The molecule has 0 fully saturated rings. The molecular formula is C12H13N3S. The normalized spacial score (nSPS) is 18.7. The van der Waals surface area contributed by atoms with Crippen LogP contribution in [0.15, 0.2) is 35.5 Å². The van der Waals surface area contributed by atoms with E-state index in [2.05, 4.69) is 46.0 Å². The van der Waals surface area contributed by atoms with E-state index in [4.69, 9.17) is 0 Å². The highest BCUT2D eigenvalue weighted by Crippen LogP contribution is 2.31. The number of fused-ring (bicyclic) bond motifs is 1. The zero-order valence-electron chi connectivity index (χ0n) is 9.13. The van der Waals surface area contributed by atoms with Gasteiger partial charge in [0.2, 0.25) is 0 Å². The van der Waals surface area contributed by atoms with Crippen molar-refractivity contribution in [3.63, 3.8) is 0 Å². The molecular weight excluding hydrogens is 218 g/mol. The van der Waals surface area contributed by atoms with Crippen LogP contribution in [-0.4, -0.2) is 20.0 Å². The molecule has 0 radical (unpaired) electrons. The summed E-state index contributed by atoms with van der Waals surface area (Å²) < 4.78 is 2.24. The minimum atomic E-state index is 0.625. The molecule has 0 unspecified atom stereocenters. The fourth-order valence-electron chi connectivity index (χ4n) is 1.97. The summed E-state index contributed by atoms with van der Waals surface area (Å²) in [4.78, 5) is 0. The Morgan fingerprint density at radius 3 is 2.94 bits per heavy atom. The van der Waals surface area contributed by atoms with Crippen LogP contribution in [0, 0.1) is 0 Å². The monoisotopic (exact) mass is 231 g/mol. The highest BCUT2D eigenvalue weighted by atomic mass is 32.2. The van der Waals surface area contributed by atoms with Gasteiger partial charge in [-0.05, 0) is 5.56 Å². The van der Waals surface area contributed by atoms with Crippen LogP contribution in [0.1, 0.15) is 18.3 Å². The van der Waals surface area contributed by atoms with Crippen molar-refractivity contribution in [2.24, 2.45) is 0 Å². The van der Waals surface area contributed by atoms with E-state index in [1.807, 2.05) is 17.8 Å². The molecule has 4 heteroatoms. The average Bonchev–Trinajstić information content (AvgIpc) is 2.81. The van der Waals surface area contributed by atoms with Crippen LogP contribution in [-0.2, 0) is 13.0 Å². The molecule has 3 rings (SSSR count). The van der Waals surface area contributed by atoms with Crippen LogP contribution in [0.4, 0.5) is 0 Å². The van der Waals surface area contributed by atoms with Gasteiger partial charge >= 0.3 is 0 Å². The van der Waals surface area contributed by atoms with Crippen LogP contribution in [0.25, 0.3) is 0 Å². The molecule has 0 saturated heterocycles. The predicted molar refractivity (Wildman–Crippen MR) is 64.6 cm³/mol. The Bertz CT molecular complexity index is 492. The van der Waals surface area contributed by atoms with Crippen molar-refractivity contribution in [2.45, 2.75) is 30.3 Å². The van der Waals surface area contributed by atoms with Crippen molar-refractivity contribution in [1.82, 2.24) is 14.8 Å². The van der Waals surface area contributed by atoms with Gasteiger partial charge in [-0.3, -0.25) is 0 Å². The second-order valence-corrected chi connectivity index (χ2v) is 5.51. The number of hydrogen-bond acceptors (Lipinski definition) is 3. The van der Waals surface area contributed by atoms with Crippen molar-refractivity contribution in [1.29, 1.82) is 0 Å². The minimum absolute atomic E-state index is 0.625. The Kier molecular flexibility index (Phi) is 2.44. The van der Waals surface area contributed by atoms with Crippen molar-refractivity contribution < 1.29 is 0 Å². The molecule has 0 N–H and O–H groups in total. The number of rotatable bonds is 2. The number of nitrogens with zero attached hydrogens (tertiary/aromatic N) is 3. The lowest BCUT2D eigenvalue weighted by molar-refractivity contribution is 0.640. The van der Waals surface area contributed by atoms with E-state index in [9.17, 15) is 0 Å². The molecule has 82 valence electrons. The smallest absolute Gasteiger partial charge is 0.191 e. The molecule has 0 amide bonds. The van der Waals surface area contributed by atoms with Gasteiger partial charge in [0.05, 0.1) is 0 Å². The summed E-state index contributed by atoms with van der Waals surface area (Å²) in [7, 11) is 0. The Balaban J connectivity index is 1.87. The third kappa shape index (κ3) is 1.73. The third-order valence-electron chi connectivity index (χ3n) is 2.74. The van der Waals surface area contributed by atoms with Crippen molar-refractivity contribution in [3.05, 3.63) is 41.7 Å². The van der Waals surface area contributed by atoms with Gasteiger partial charge in [-0.2, -0.15) is 0 Å². The van der Waals surface area contributed by atoms with E-state index < -0.39 is 0 Å². The van der Waals surface area contributed by atoms with E-state index >= 15 is 0 Å². The van der Waals surface area contributed by atoms with Crippen molar-refractivity contribution >= 4 is 11.8 Å². The van der Waals surface area contributed by atoms with E-state index in [0.717, 1.165) is 23.9 Å². The molecule has 0 bridgehead atoms. The lowest BCUT2D eigenvalue weighted by atomic mass is 10.1. The molecule has 16 heavy (non-hydrogen) atoms. The lowest BCUT2D eigenvalue weighted by Crippen LogP contribution is -2.06. The molecule has 0 saturated carbocycles. The number of aromatic nitrogens is 3. The summed E-state index contributed by atoms with van der Waals surface area (Å²) >= 11 is 1.81. The molecule has 1 aliphatic heterocycles. The molecule has 1 aromatic carbocycles. The van der Waals surface area contributed by atoms with E-state index in [0.29, 0.717) is 5.25 Å². The topological polar surface area (TPSA) is 30.7 Å². The Morgan fingerprint density at radius 2 is 2.12 bits per heavy atom. The summed E-state index contributed by atoms with van der Waals surface area (Å²) in [5, 5.41) is 10.2. The minimum Gasteiger partial charge on any atom is -0.305 e. The third-order valence-corrected chi connectivity index (χ3v) is 3.81. The fraction of sp³-hybridized carbons (Fsp3) is 0.333. The Morgan fingerprint density at radius 1 is 1.31 bits per heavy atom. The van der Waals surface area contributed by atoms with Crippen molar-refractivity contribution in [2.75, 3.05) is 0 Å². The molecule has 0 aliphatic carbocycles. The van der Waals surface area contributed by atoms with Gasteiger partial charge in [0.1, 0.15) is 5.82 Å². The zero-order valence-corrected chi connectivity index (χ0v) is 9.94. The molecule has 1 aliphatic rings. The van der Waals surface area contributed by atoms with Crippen LogP contribution in [0.5, 0.6) is 0 Å². The molecule has 1 aromatic heterocycles. The van der Waals surface area contributed by atoms with Crippen LogP contribution in [0.2, 0.25) is 0 Å². The van der Waals surface area contributed by atoms with Crippen molar-refractivity contribution in [3.8, 4) is 0 Å². The Labute approximate surface area is 98.9 Å². The maximum Gasteiger partial charge on any atom is 0.191 e. The predicted octanol–water partition coefficient (Wildman–Crippen LogP) is 2.36. The molecule has 0 spiro atoms. The molecule has 1 atom stereocenters. The maximum atomic E-state index is 4.26. The zero-order chi connectivity index (χ0) is 11.0. The van der Waals surface area contributed by atoms with E-state index in [-0.39, 0.29) is 0 Å².